The van der Waals surface area contributed by atoms with Crippen molar-refractivity contribution in [2.24, 2.45) is 0 Å². The Bertz CT molecular complexity index is 392. The summed E-state index contributed by atoms with van der Waals surface area (Å²) in [6.45, 7) is 0. The van der Waals surface area contributed by atoms with Crippen LogP contribution in [0.4, 0.5) is 0 Å². The predicted octanol–water partition coefficient (Wildman–Crippen LogP) is 1.66. The molecule has 0 amide bonds. The first-order valence-electron chi connectivity index (χ1n) is 5.44. The second kappa shape index (κ2) is 4.53. The first kappa shape index (κ1) is 11.0. The van der Waals surface area contributed by atoms with E-state index >= 15 is 0 Å². The Labute approximate surface area is 93.9 Å². The summed E-state index contributed by atoms with van der Waals surface area (Å²) in [4.78, 5) is 10.9. The molecule has 1 heterocycles. The smallest absolute Gasteiger partial charge is 0.320 e. The number of hydrogen-bond donors (Lipinski definition) is 3. The zero-order valence-corrected chi connectivity index (χ0v) is 8.89. The predicted molar refractivity (Wildman–Crippen MR) is 59.3 cm³/mol. The van der Waals surface area contributed by atoms with E-state index in [0.717, 1.165) is 18.4 Å². The largest absolute Gasteiger partial charge is 0.508 e. The fourth-order valence-corrected chi connectivity index (χ4v) is 2.13. The van der Waals surface area contributed by atoms with E-state index in [9.17, 15) is 9.90 Å². The lowest BCUT2D eigenvalue weighted by Gasteiger charge is -2.28. The molecule has 1 saturated heterocycles. The van der Waals surface area contributed by atoms with Gasteiger partial charge in [-0.05, 0) is 37.0 Å². The molecule has 4 heteroatoms. The zero-order chi connectivity index (χ0) is 11.5. The molecule has 2 unspecified atom stereocenters. The lowest BCUT2D eigenvalue weighted by Crippen LogP contribution is -2.42. The van der Waals surface area contributed by atoms with Crippen LogP contribution in [-0.2, 0) is 4.79 Å². The highest BCUT2D eigenvalue weighted by molar-refractivity contribution is 5.73. The number of piperidine rings is 1. The molecule has 0 spiro atoms. The summed E-state index contributed by atoms with van der Waals surface area (Å²) in [6.07, 6.45) is 2.47. The van der Waals surface area contributed by atoms with Crippen molar-refractivity contribution < 1.29 is 15.0 Å². The highest BCUT2D eigenvalue weighted by Crippen LogP contribution is 2.27. The Morgan fingerprint density at radius 2 is 2.19 bits per heavy atom. The molecular formula is C12H15NO3. The molecule has 0 aromatic heterocycles. The molecule has 86 valence electrons. The fourth-order valence-electron chi connectivity index (χ4n) is 2.13. The lowest BCUT2D eigenvalue weighted by atomic mass is 9.93. The minimum absolute atomic E-state index is 0.0296. The molecular weight excluding hydrogens is 206 g/mol. The van der Waals surface area contributed by atoms with Gasteiger partial charge in [-0.1, -0.05) is 12.1 Å². The minimum atomic E-state index is -0.801. The van der Waals surface area contributed by atoms with E-state index in [-0.39, 0.29) is 11.8 Å². The van der Waals surface area contributed by atoms with Crippen LogP contribution in [0.2, 0.25) is 0 Å². The van der Waals surface area contributed by atoms with E-state index in [0.29, 0.717) is 6.42 Å². The summed E-state index contributed by atoms with van der Waals surface area (Å²) >= 11 is 0. The molecule has 0 radical (unpaired) electrons. The quantitative estimate of drug-likeness (QED) is 0.710. The minimum Gasteiger partial charge on any atom is -0.508 e. The van der Waals surface area contributed by atoms with Gasteiger partial charge >= 0.3 is 5.97 Å². The first-order valence-corrected chi connectivity index (χ1v) is 5.44. The molecule has 2 atom stereocenters. The van der Waals surface area contributed by atoms with Gasteiger partial charge < -0.3 is 10.2 Å². The summed E-state index contributed by atoms with van der Waals surface area (Å²) in [5, 5.41) is 21.4. The number of carboxylic acid groups (broad SMARTS) is 1. The number of hydrogen-bond acceptors (Lipinski definition) is 3. The average molecular weight is 221 g/mol. The molecule has 1 aliphatic heterocycles. The van der Waals surface area contributed by atoms with Gasteiger partial charge in [-0.15, -0.1) is 0 Å². The molecule has 1 fully saturated rings. The van der Waals surface area contributed by atoms with Crippen molar-refractivity contribution in [2.45, 2.75) is 31.3 Å². The van der Waals surface area contributed by atoms with Crippen LogP contribution in [-0.4, -0.2) is 22.2 Å². The van der Waals surface area contributed by atoms with Crippen molar-refractivity contribution in [3.63, 3.8) is 0 Å². The molecule has 1 aromatic carbocycles. The van der Waals surface area contributed by atoms with Crippen LogP contribution in [0.3, 0.4) is 0 Å². The van der Waals surface area contributed by atoms with Crippen molar-refractivity contribution in [3.8, 4) is 5.75 Å². The number of benzene rings is 1. The molecule has 2 rings (SSSR count). The maximum absolute atomic E-state index is 10.9. The van der Waals surface area contributed by atoms with E-state index in [1.807, 2.05) is 6.07 Å². The van der Waals surface area contributed by atoms with Crippen molar-refractivity contribution >= 4 is 5.97 Å². The van der Waals surface area contributed by atoms with Gasteiger partial charge in [0, 0.05) is 6.04 Å². The molecule has 0 saturated carbocycles. The number of nitrogens with one attached hydrogen (secondary N) is 1. The second-order valence-corrected chi connectivity index (χ2v) is 4.14. The summed E-state index contributed by atoms with van der Waals surface area (Å²) in [5.74, 6) is -0.582. The Hall–Kier alpha value is -1.55. The van der Waals surface area contributed by atoms with Gasteiger partial charge in [0.05, 0.1) is 0 Å². The molecule has 4 nitrogen and oxygen atoms in total. The zero-order valence-electron chi connectivity index (χ0n) is 8.89. The van der Waals surface area contributed by atoms with Gasteiger partial charge in [0.2, 0.25) is 0 Å². The standard InChI is InChI=1S/C12H15NO3/c14-9-4-1-3-8(7-9)10-5-2-6-11(13-10)12(15)16/h1,3-4,7,10-11,13-14H,2,5-6H2,(H,15,16). The Kier molecular flexibility index (Phi) is 3.10. The molecule has 1 aliphatic rings. The van der Waals surface area contributed by atoms with Crippen LogP contribution < -0.4 is 5.32 Å². The monoisotopic (exact) mass is 221 g/mol. The van der Waals surface area contributed by atoms with Crippen LogP contribution in [0.5, 0.6) is 5.75 Å². The van der Waals surface area contributed by atoms with Crippen molar-refractivity contribution in [2.75, 3.05) is 0 Å². The number of aliphatic carboxylic acids is 1. The van der Waals surface area contributed by atoms with Gasteiger partial charge in [-0.25, -0.2) is 0 Å². The maximum atomic E-state index is 10.9. The summed E-state index contributed by atoms with van der Waals surface area (Å²) in [5.41, 5.74) is 0.950. The van der Waals surface area contributed by atoms with Gasteiger partial charge in [-0.2, -0.15) is 0 Å². The topological polar surface area (TPSA) is 69.6 Å². The summed E-state index contributed by atoms with van der Waals surface area (Å²) in [6, 6.07) is 6.53. The fraction of sp³-hybridized carbons (Fsp3) is 0.417. The Balaban J connectivity index is 2.12. The average Bonchev–Trinajstić information content (AvgIpc) is 2.29. The molecule has 1 aromatic rings. The van der Waals surface area contributed by atoms with Gasteiger partial charge in [0.25, 0.3) is 0 Å². The SMILES string of the molecule is O=C(O)C1CCCC(c2cccc(O)c2)N1. The molecule has 16 heavy (non-hydrogen) atoms. The van der Waals surface area contributed by atoms with Crippen molar-refractivity contribution in [3.05, 3.63) is 29.8 Å². The first-order chi connectivity index (χ1) is 7.66. The number of carboxylic acids is 1. The Morgan fingerprint density at radius 3 is 2.88 bits per heavy atom. The van der Waals surface area contributed by atoms with Crippen LogP contribution >= 0.6 is 0 Å². The van der Waals surface area contributed by atoms with E-state index < -0.39 is 12.0 Å². The van der Waals surface area contributed by atoms with Gasteiger partial charge in [-0.3, -0.25) is 10.1 Å². The van der Waals surface area contributed by atoms with Crippen LogP contribution in [0.25, 0.3) is 0 Å². The third kappa shape index (κ3) is 2.33. The van der Waals surface area contributed by atoms with Crippen LogP contribution in [0.15, 0.2) is 24.3 Å². The molecule has 3 N–H and O–H groups in total. The molecule has 0 bridgehead atoms. The third-order valence-electron chi connectivity index (χ3n) is 2.96. The number of phenols is 1. The van der Waals surface area contributed by atoms with Gasteiger partial charge in [0.1, 0.15) is 11.8 Å². The number of rotatable bonds is 2. The van der Waals surface area contributed by atoms with Gasteiger partial charge in [0.15, 0.2) is 0 Å². The van der Waals surface area contributed by atoms with Crippen molar-refractivity contribution in [1.29, 1.82) is 0 Å². The van der Waals surface area contributed by atoms with E-state index in [1.165, 1.54) is 0 Å². The van der Waals surface area contributed by atoms with E-state index in [4.69, 9.17) is 5.11 Å². The highest BCUT2D eigenvalue weighted by Gasteiger charge is 2.26. The van der Waals surface area contributed by atoms with Crippen molar-refractivity contribution in [1.82, 2.24) is 5.32 Å². The van der Waals surface area contributed by atoms with E-state index in [1.54, 1.807) is 18.2 Å². The maximum Gasteiger partial charge on any atom is 0.320 e. The van der Waals surface area contributed by atoms with E-state index in [2.05, 4.69) is 5.32 Å². The number of carbonyl (C=O) groups is 1. The third-order valence-corrected chi connectivity index (χ3v) is 2.96. The summed E-state index contributed by atoms with van der Waals surface area (Å²) < 4.78 is 0. The number of aromatic hydroxyl groups is 1. The summed E-state index contributed by atoms with van der Waals surface area (Å²) in [7, 11) is 0. The second-order valence-electron chi connectivity index (χ2n) is 4.14. The molecule has 0 aliphatic carbocycles. The normalized spacial score (nSPS) is 25.2. The number of phenolic OH excluding ortho intramolecular Hbond substituents is 1. The van der Waals surface area contributed by atoms with Crippen LogP contribution in [0.1, 0.15) is 30.9 Å². The highest BCUT2D eigenvalue weighted by atomic mass is 16.4. The van der Waals surface area contributed by atoms with Crippen LogP contribution in [0, 0.1) is 0 Å². The lowest BCUT2D eigenvalue weighted by molar-refractivity contribution is -0.140. The Morgan fingerprint density at radius 1 is 1.38 bits per heavy atom.